The molecule has 1 N–H and O–H groups in total. The number of hydrogen-bond acceptors (Lipinski definition) is 6. The highest BCUT2D eigenvalue weighted by Crippen LogP contribution is 2.39. The van der Waals surface area contributed by atoms with Crippen molar-refractivity contribution in [3.8, 4) is 0 Å². The number of methoxy groups -OCH3 is 1. The zero-order valence-electron chi connectivity index (χ0n) is 16.2. The summed E-state index contributed by atoms with van der Waals surface area (Å²) in [5, 5.41) is 3.13. The molecule has 28 heavy (non-hydrogen) atoms. The van der Waals surface area contributed by atoms with E-state index < -0.39 is 17.9 Å². The van der Waals surface area contributed by atoms with Crippen LogP contribution in [-0.4, -0.2) is 38.4 Å². The van der Waals surface area contributed by atoms with Gasteiger partial charge in [-0.25, -0.2) is 9.59 Å². The fourth-order valence-corrected chi connectivity index (χ4v) is 4.10. The van der Waals surface area contributed by atoms with Gasteiger partial charge in [0.05, 0.1) is 30.3 Å². The molecule has 1 saturated heterocycles. The first kappa shape index (κ1) is 20.6. The van der Waals surface area contributed by atoms with Gasteiger partial charge >= 0.3 is 11.9 Å². The van der Waals surface area contributed by atoms with Crippen LogP contribution in [0.3, 0.4) is 0 Å². The van der Waals surface area contributed by atoms with Gasteiger partial charge in [-0.05, 0) is 44.4 Å². The second-order valence-electron chi connectivity index (χ2n) is 6.92. The number of rotatable bonds is 5. The van der Waals surface area contributed by atoms with Crippen molar-refractivity contribution in [2.45, 2.75) is 38.7 Å². The van der Waals surface area contributed by atoms with E-state index in [0.717, 1.165) is 22.9 Å². The Bertz CT molecular complexity index is 839. The maximum absolute atomic E-state index is 13.0. The van der Waals surface area contributed by atoms with Gasteiger partial charge in [-0.1, -0.05) is 28.1 Å². The van der Waals surface area contributed by atoms with Crippen molar-refractivity contribution in [3.63, 3.8) is 0 Å². The summed E-state index contributed by atoms with van der Waals surface area (Å²) in [7, 11) is 1.33. The van der Waals surface area contributed by atoms with E-state index in [0.29, 0.717) is 29.1 Å². The third kappa shape index (κ3) is 4.31. The molecule has 7 heteroatoms. The molecule has 1 aromatic rings. The molecule has 1 aromatic carbocycles. The van der Waals surface area contributed by atoms with Gasteiger partial charge in [-0.15, -0.1) is 0 Å². The summed E-state index contributed by atoms with van der Waals surface area (Å²) >= 11 is 3.47. The van der Waals surface area contributed by atoms with Crippen LogP contribution in [-0.2, 0) is 23.8 Å². The van der Waals surface area contributed by atoms with E-state index in [2.05, 4.69) is 21.2 Å². The Morgan fingerprint density at radius 2 is 1.93 bits per heavy atom. The van der Waals surface area contributed by atoms with E-state index in [-0.39, 0.29) is 12.7 Å². The Morgan fingerprint density at radius 3 is 2.54 bits per heavy atom. The van der Waals surface area contributed by atoms with Crippen LogP contribution in [0.4, 0.5) is 0 Å². The van der Waals surface area contributed by atoms with E-state index >= 15 is 0 Å². The van der Waals surface area contributed by atoms with Crippen molar-refractivity contribution < 1.29 is 23.8 Å². The van der Waals surface area contributed by atoms with Gasteiger partial charge < -0.3 is 19.5 Å². The average Bonchev–Trinajstić information content (AvgIpc) is 3.18. The Balaban J connectivity index is 1.98. The molecule has 0 unspecified atom stereocenters. The lowest BCUT2D eigenvalue weighted by molar-refractivity contribution is -0.142. The molecule has 0 aromatic heterocycles. The minimum absolute atomic E-state index is 0.0666. The summed E-state index contributed by atoms with van der Waals surface area (Å²) in [6, 6.07) is 7.55. The van der Waals surface area contributed by atoms with Crippen molar-refractivity contribution in [1.29, 1.82) is 0 Å². The van der Waals surface area contributed by atoms with Gasteiger partial charge in [0.2, 0.25) is 0 Å². The molecule has 1 fully saturated rings. The minimum atomic E-state index is -0.580. The summed E-state index contributed by atoms with van der Waals surface area (Å²) in [5.74, 6) is -1.52. The molecule has 0 radical (unpaired) electrons. The highest BCUT2D eigenvalue weighted by molar-refractivity contribution is 9.10. The Labute approximate surface area is 173 Å². The Morgan fingerprint density at radius 1 is 1.21 bits per heavy atom. The van der Waals surface area contributed by atoms with Crippen molar-refractivity contribution in [2.75, 3.05) is 20.3 Å². The van der Waals surface area contributed by atoms with Crippen LogP contribution in [0.5, 0.6) is 0 Å². The Hall–Kier alpha value is -2.12. The van der Waals surface area contributed by atoms with E-state index in [9.17, 15) is 9.59 Å². The third-order valence-corrected chi connectivity index (χ3v) is 5.49. The van der Waals surface area contributed by atoms with Crippen LogP contribution in [0, 0.1) is 0 Å². The number of nitrogens with one attached hydrogen (secondary N) is 1. The average molecular weight is 450 g/mol. The molecule has 2 aliphatic heterocycles. The number of hydrogen-bond donors (Lipinski definition) is 1. The highest BCUT2D eigenvalue weighted by Gasteiger charge is 2.38. The lowest BCUT2D eigenvalue weighted by atomic mass is 9.80. The molecule has 0 spiro atoms. The molecular weight excluding hydrogens is 426 g/mol. The number of allylic oxidation sites excluding steroid dienone is 2. The predicted molar refractivity (Wildman–Crippen MR) is 107 cm³/mol. The van der Waals surface area contributed by atoms with E-state index in [1.807, 2.05) is 31.2 Å². The zero-order valence-corrected chi connectivity index (χ0v) is 17.8. The molecule has 3 rings (SSSR count). The zero-order chi connectivity index (χ0) is 20.3. The normalized spacial score (nSPS) is 22.1. The summed E-state index contributed by atoms with van der Waals surface area (Å²) in [6.45, 7) is 4.51. The quantitative estimate of drug-likeness (QED) is 0.692. The first-order valence-corrected chi connectivity index (χ1v) is 10.0. The van der Waals surface area contributed by atoms with E-state index in [1.165, 1.54) is 7.11 Å². The van der Waals surface area contributed by atoms with Gasteiger partial charge in [-0.3, -0.25) is 0 Å². The fraction of sp³-hybridized carbons (Fsp3) is 0.429. The number of carbonyl (C=O) groups is 2. The number of carbonyl (C=O) groups excluding carboxylic acids is 2. The van der Waals surface area contributed by atoms with Gasteiger partial charge in [0.15, 0.2) is 0 Å². The van der Waals surface area contributed by atoms with Gasteiger partial charge in [0, 0.05) is 22.5 Å². The number of benzene rings is 1. The SMILES string of the molecule is COC(=O)C1=C(C)NC(C)=C(C(=O)OC[C@@H]2CCCO2)[C@@H]1c1cccc(Br)c1. The molecule has 0 saturated carbocycles. The van der Waals surface area contributed by atoms with Crippen LogP contribution >= 0.6 is 15.9 Å². The maximum atomic E-state index is 13.0. The molecular formula is C21H24BrNO5. The van der Waals surface area contributed by atoms with Crippen LogP contribution in [0.2, 0.25) is 0 Å². The number of halogens is 1. The smallest absolute Gasteiger partial charge is 0.336 e. The summed E-state index contributed by atoms with van der Waals surface area (Å²) in [5.41, 5.74) is 2.92. The topological polar surface area (TPSA) is 73.9 Å². The monoisotopic (exact) mass is 449 g/mol. The summed E-state index contributed by atoms with van der Waals surface area (Å²) < 4.78 is 17.0. The van der Waals surface area contributed by atoms with Crippen LogP contribution in [0.1, 0.15) is 38.2 Å². The van der Waals surface area contributed by atoms with E-state index in [1.54, 1.807) is 6.92 Å². The second kappa shape index (κ2) is 8.92. The highest BCUT2D eigenvalue weighted by atomic mass is 79.9. The molecule has 2 aliphatic rings. The molecule has 150 valence electrons. The molecule has 2 heterocycles. The first-order chi connectivity index (χ1) is 13.4. The molecule has 0 aliphatic carbocycles. The lowest BCUT2D eigenvalue weighted by Crippen LogP contribution is -2.33. The third-order valence-electron chi connectivity index (χ3n) is 4.99. The van der Waals surface area contributed by atoms with Crippen LogP contribution in [0.15, 0.2) is 51.3 Å². The second-order valence-corrected chi connectivity index (χ2v) is 7.83. The van der Waals surface area contributed by atoms with Gasteiger partial charge in [0.1, 0.15) is 6.61 Å². The van der Waals surface area contributed by atoms with Crippen molar-refractivity contribution in [3.05, 3.63) is 56.8 Å². The number of ether oxygens (including phenoxy) is 3. The van der Waals surface area contributed by atoms with Crippen molar-refractivity contribution >= 4 is 27.9 Å². The largest absolute Gasteiger partial charge is 0.466 e. The van der Waals surface area contributed by atoms with Gasteiger partial charge in [0.25, 0.3) is 0 Å². The minimum Gasteiger partial charge on any atom is -0.466 e. The fourth-order valence-electron chi connectivity index (χ4n) is 3.69. The molecule has 0 bridgehead atoms. The van der Waals surface area contributed by atoms with Gasteiger partial charge in [-0.2, -0.15) is 0 Å². The van der Waals surface area contributed by atoms with E-state index in [4.69, 9.17) is 14.2 Å². The maximum Gasteiger partial charge on any atom is 0.336 e. The predicted octanol–water partition coefficient (Wildman–Crippen LogP) is 3.58. The number of esters is 2. The number of dihydropyridines is 1. The summed E-state index contributed by atoms with van der Waals surface area (Å²) in [6.07, 6.45) is 1.79. The Kier molecular flexibility index (Phi) is 6.57. The standard InChI is InChI=1S/C21H24BrNO5/c1-12-17(20(24)26-3)19(14-6-4-7-15(22)10-14)18(13(2)23-12)21(25)28-11-16-8-5-9-27-16/h4,6-7,10,16,19,23H,5,8-9,11H2,1-3H3/t16-,19+/m0/s1. The first-order valence-electron chi connectivity index (χ1n) is 9.23. The van der Waals surface area contributed by atoms with Crippen LogP contribution < -0.4 is 5.32 Å². The summed E-state index contributed by atoms with van der Waals surface area (Å²) in [4.78, 5) is 25.6. The van der Waals surface area contributed by atoms with Crippen molar-refractivity contribution in [1.82, 2.24) is 5.32 Å². The lowest BCUT2D eigenvalue weighted by Gasteiger charge is -2.30. The van der Waals surface area contributed by atoms with Crippen molar-refractivity contribution in [2.24, 2.45) is 0 Å². The van der Waals surface area contributed by atoms with Crippen LogP contribution in [0.25, 0.3) is 0 Å². The molecule has 6 nitrogen and oxygen atoms in total. The molecule has 2 atom stereocenters. The molecule has 0 amide bonds.